The number of hydrogen-bond donors (Lipinski definition) is 3. The Morgan fingerprint density at radius 2 is 1.76 bits per heavy atom. The Kier molecular flexibility index (Phi) is 6.94. The number of benzene rings is 1. The average molecular weight is 348 g/mol. The maximum atomic E-state index is 11.9. The highest BCUT2D eigenvalue weighted by molar-refractivity contribution is 5.94. The van der Waals surface area contributed by atoms with Gasteiger partial charge in [0.1, 0.15) is 0 Å². The Bertz CT molecular complexity index is 597. The third-order valence-electron chi connectivity index (χ3n) is 4.43. The first-order chi connectivity index (χ1) is 12.0. The second kappa shape index (κ2) is 9.17. The topological polar surface area (TPSA) is 105 Å². The molecule has 1 saturated heterocycles. The zero-order valence-electron chi connectivity index (χ0n) is 14.1. The summed E-state index contributed by atoms with van der Waals surface area (Å²) in [6, 6.07) is 8.86. The van der Waals surface area contributed by atoms with Crippen LogP contribution in [0.3, 0.4) is 0 Å². The van der Waals surface area contributed by atoms with Crippen LogP contribution in [-0.2, 0) is 14.3 Å². The highest BCUT2D eigenvalue weighted by Crippen LogP contribution is 2.30. The molecule has 2 amide bonds. The zero-order chi connectivity index (χ0) is 18.1. The van der Waals surface area contributed by atoms with Gasteiger partial charge in [0.15, 0.2) is 0 Å². The summed E-state index contributed by atoms with van der Waals surface area (Å²) in [6.07, 6.45) is 1.53. The van der Waals surface area contributed by atoms with Crippen molar-refractivity contribution >= 4 is 17.8 Å². The van der Waals surface area contributed by atoms with E-state index in [9.17, 15) is 19.5 Å². The minimum atomic E-state index is -0.935. The van der Waals surface area contributed by atoms with E-state index in [4.69, 9.17) is 4.74 Å². The summed E-state index contributed by atoms with van der Waals surface area (Å²) in [5, 5.41) is 14.9. The molecule has 3 N–H and O–H groups in total. The van der Waals surface area contributed by atoms with Crippen LogP contribution >= 0.6 is 0 Å². The van der Waals surface area contributed by atoms with Gasteiger partial charge in [0.05, 0.1) is 5.41 Å². The quantitative estimate of drug-likeness (QED) is 0.612. The lowest BCUT2D eigenvalue weighted by Crippen LogP contribution is -2.46. The molecule has 0 saturated carbocycles. The van der Waals surface area contributed by atoms with Crippen LogP contribution in [0.25, 0.3) is 0 Å². The summed E-state index contributed by atoms with van der Waals surface area (Å²) < 4.78 is 5.20. The van der Waals surface area contributed by atoms with Crippen molar-refractivity contribution in [3.8, 4) is 0 Å². The van der Waals surface area contributed by atoms with Crippen molar-refractivity contribution < 1.29 is 24.2 Å². The van der Waals surface area contributed by atoms with Gasteiger partial charge in [-0.25, -0.2) is 0 Å². The molecule has 25 heavy (non-hydrogen) atoms. The molecular formula is C18H24N2O5. The van der Waals surface area contributed by atoms with Crippen LogP contribution in [0.15, 0.2) is 30.3 Å². The number of carbonyl (C=O) groups is 3. The minimum absolute atomic E-state index is 0.112. The molecule has 7 heteroatoms. The smallest absolute Gasteiger partial charge is 0.311 e. The molecule has 0 aliphatic carbocycles. The molecule has 1 fully saturated rings. The van der Waals surface area contributed by atoms with E-state index in [-0.39, 0.29) is 24.8 Å². The third kappa shape index (κ3) is 5.56. The van der Waals surface area contributed by atoms with E-state index >= 15 is 0 Å². The molecule has 1 aromatic rings. The van der Waals surface area contributed by atoms with Crippen molar-refractivity contribution in [3.63, 3.8) is 0 Å². The lowest BCUT2D eigenvalue weighted by atomic mass is 9.80. The van der Waals surface area contributed by atoms with Gasteiger partial charge in [-0.05, 0) is 31.4 Å². The van der Waals surface area contributed by atoms with E-state index < -0.39 is 11.4 Å². The number of nitrogens with one attached hydrogen (secondary N) is 2. The maximum absolute atomic E-state index is 11.9. The largest absolute Gasteiger partial charge is 0.481 e. The van der Waals surface area contributed by atoms with Crippen LogP contribution in [0.4, 0.5) is 0 Å². The monoisotopic (exact) mass is 348 g/mol. The third-order valence-corrected chi connectivity index (χ3v) is 4.43. The zero-order valence-corrected chi connectivity index (χ0v) is 14.1. The van der Waals surface area contributed by atoms with Crippen molar-refractivity contribution in [2.24, 2.45) is 5.41 Å². The first-order valence-electron chi connectivity index (χ1n) is 8.45. The second-order valence-electron chi connectivity index (χ2n) is 6.20. The summed E-state index contributed by atoms with van der Waals surface area (Å²) in [4.78, 5) is 35.3. The van der Waals surface area contributed by atoms with E-state index in [1.54, 1.807) is 24.3 Å². The van der Waals surface area contributed by atoms with Crippen LogP contribution in [-0.4, -0.2) is 49.2 Å². The number of ether oxygens (including phenoxy) is 1. The molecule has 1 aromatic carbocycles. The summed E-state index contributed by atoms with van der Waals surface area (Å²) >= 11 is 0. The van der Waals surface area contributed by atoms with Crippen molar-refractivity contribution in [3.05, 3.63) is 35.9 Å². The van der Waals surface area contributed by atoms with Gasteiger partial charge in [-0.15, -0.1) is 0 Å². The molecule has 136 valence electrons. The van der Waals surface area contributed by atoms with Crippen LogP contribution in [0.1, 0.15) is 36.0 Å². The molecule has 0 atom stereocenters. The van der Waals surface area contributed by atoms with Gasteiger partial charge in [0, 0.05) is 38.3 Å². The first-order valence-corrected chi connectivity index (χ1v) is 8.45. The fourth-order valence-electron chi connectivity index (χ4n) is 2.73. The number of rotatable bonds is 8. The molecule has 1 aliphatic heterocycles. The molecule has 0 spiro atoms. The van der Waals surface area contributed by atoms with Crippen LogP contribution in [0.2, 0.25) is 0 Å². The fraction of sp³-hybridized carbons (Fsp3) is 0.500. The summed E-state index contributed by atoms with van der Waals surface area (Å²) in [7, 11) is 0. The molecule has 0 aromatic heterocycles. The van der Waals surface area contributed by atoms with Gasteiger partial charge in [-0.3, -0.25) is 14.4 Å². The molecule has 0 radical (unpaired) electrons. The first kappa shape index (κ1) is 18.9. The van der Waals surface area contributed by atoms with Crippen molar-refractivity contribution in [1.29, 1.82) is 0 Å². The highest BCUT2D eigenvalue weighted by atomic mass is 16.5. The number of carboxylic acids is 1. The fourth-order valence-corrected chi connectivity index (χ4v) is 2.73. The lowest BCUT2D eigenvalue weighted by molar-refractivity contribution is -0.154. The van der Waals surface area contributed by atoms with Crippen LogP contribution < -0.4 is 10.6 Å². The van der Waals surface area contributed by atoms with E-state index in [0.29, 0.717) is 44.6 Å². The Morgan fingerprint density at radius 3 is 2.40 bits per heavy atom. The van der Waals surface area contributed by atoms with Gasteiger partial charge in [0.25, 0.3) is 5.91 Å². The van der Waals surface area contributed by atoms with Gasteiger partial charge in [-0.1, -0.05) is 18.2 Å². The Hall–Kier alpha value is -2.41. The lowest BCUT2D eigenvalue weighted by Gasteiger charge is -2.33. The molecule has 2 rings (SSSR count). The molecule has 0 unspecified atom stereocenters. The van der Waals surface area contributed by atoms with Gasteiger partial charge in [-0.2, -0.15) is 0 Å². The number of hydrogen-bond acceptors (Lipinski definition) is 4. The number of aliphatic carboxylic acids is 1. The van der Waals surface area contributed by atoms with Crippen LogP contribution in [0.5, 0.6) is 0 Å². The Labute approximate surface area is 146 Å². The molecular weight excluding hydrogens is 324 g/mol. The average Bonchev–Trinajstić information content (AvgIpc) is 2.64. The van der Waals surface area contributed by atoms with E-state index in [0.717, 1.165) is 0 Å². The van der Waals surface area contributed by atoms with E-state index in [1.807, 2.05) is 6.07 Å². The van der Waals surface area contributed by atoms with Crippen molar-refractivity contribution in [1.82, 2.24) is 10.6 Å². The standard InChI is InChI=1S/C18H24N2O5/c21-15(20-13-18(17(23)24)8-11-25-12-9-18)7-4-10-19-16(22)14-5-2-1-3-6-14/h1-3,5-6H,4,7-13H2,(H,19,22)(H,20,21)(H,23,24). The highest BCUT2D eigenvalue weighted by Gasteiger charge is 2.40. The van der Waals surface area contributed by atoms with Gasteiger partial charge < -0.3 is 20.5 Å². The SMILES string of the molecule is O=C(CCCNC(=O)c1ccccc1)NCC1(C(=O)O)CCOCC1. The number of amides is 2. The minimum Gasteiger partial charge on any atom is -0.481 e. The van der Waals surface area contributed by atoms with Crippen molar-refractivity contribution in [2.45, 2.75) is 25.7 Å². The van der Waals surface area contributed by atoms with E-state index in [1.165, 1.54) is 0 Å². The van der Waals surface area contributed by atoms with Crippen molar-refractivity contribution in [2.75, 3.05) is 26.3 Å². The Morgan fingerprint density at radius 1 is 1.08 bits per heavy atom. The number of carboxylic acid groups (broad SMARTS) is 1. The predicted molar refractivity (Wildman–Crippen MR) is 91.1 cm³/mol. The summed E-state index contributed by atoms with van der Waals surface area (Å²) in [5.74, 6) is -1.28. The Balaban J connectivity index is 1.67. The predicted octanol–water partition coefficient (Wildman–Crippen LogP) is 1.19. The summed E-state index contributed by atoms with van der Waals surface area (Å²) in [5.41, 5.74) is -0.357. The summed E-state index contributed by atoms with van der Waals surface area (Å²) in [6.45, 7) is 1.29. The number of carbonyl (C=O) groups excluding carboxylic acids is 2. The van der Waals surface area contributed by atoms with Gasteiger partial charge >= 0.3 is 5.97 Å². The molecule has 7 nitrogen and oxygen atoms in total. The second-order valence-corrected chi connectivity index (χ2v) is 6.20. The molecule has 1 heterocycles. The van der Waals surface area contributed by atoms with Crippen LogP contribution in [0, 0.1) is 5.41 Å². The molecule has 1 aliphatic rings. The molecule has 0 bridgehead atoms. The van der Waals surface area contributed by atoms with E-state index in [2.05, 4.69) is 10.6 Å². The maximum Gasteiger partial charge on any atom is 0.311 e. The van der Waals surface area contributed by atoms with Gasteiger partial charge in [0.2, 0.25) is 5.91 Å². The normalized spacial score (nSPS) is 16.0.